The second-order valence-electron chi connectivity index (χ2n) is 3.27. The van der Waals surface area contributed by atoms with Gasteiger partial charge in [0, 0.05) is 13.0 Å². The Labute approximate surface area is 66.9 Å². The maximum Gasteiger partial charge on any atom is 0.223 e. The summed E-state index contributed by atoms with van der Waals surface area (Å²) in [4.78, 5) is 13.4. The third kappa shape index (κ3) is 1.44. The third-order valence-electron chi connectivity index (χ3n) is 2.33. The Balaban J connectivity index is 1.97. The average Bonchev–Trinajstić information content (AvgIpc) is 2.74. The fraction of sp³-hybridized carbons (Fsp3) is 0.667. The maximum absolute atomic E-state index is 11.4. The highest BCUT2D eigenvalue weighted by molar-refractivity contribution is 5.78. The molecule has 0 unspecified atom stereocenters. The number of carbonyl (C=O) groups is 1. The van der Waals surface area contributed by atoms with Crippen LogP contribution in [0.4, 0.5) is 0 Å². The number of hydrogen-bond acceptors (Lipinski definition) is 1. The van der Waals surface area contributed by atoms with Crippen molar-refractivity contribution in [2.45, 2.75) is 31.7 Å². The Morgan fingerprint density at radius 2 is 2.09 bits per heavy atom. The summed E-state index contributed by atoms with van der Waals surface area (Å²) in [5.41, 5.74) is 0. The van der Waals surface area contributed by atoms with Crippen LogP contribution in [0.25, 0.3) is 0 Å². The van der Waals surface area contributed by atoms with E-state index in [1.54, 1.807) is 0 Å². The van der Waals surface area contributed by atoms with Crippen LogP contribution in [-0.2, 0) is 4.79 Å². The SMILES string of the molecule is O=C1CCCCCN1C1C=C1. The molecule has 60 valence electrons. The molecule has 0 aromatic heterocycles. The molecule has 2 nitrogen and oxygen atoms in total. The number of amides is 1. The molecule has 1 aliphatic heterocycles. The smallest absolute Gasteiger partial charge is 0.223 e. The molecule has 0 radical (unpaired) electrons. The molecule has 0 spiro atoms. The zero-order chi connectivity index (χ0) is 7.68. The van der Waals surface area contributed by atoms with Gasteiger partial charge in [-0.2, -0.15) is 0 Å². The summed E-state index contributed by atoms with van der Waals surface area (Å²) in [7, 11) is 0. The minimum Gasteiger partial charge on any atom is -0.333 e. The summed E-state index contributed by atoms with van der Waals surface area (Å²) < 4.78 is 0. The van der Waals surface area contributed by atoms with Gasteiger partial charge in [0.05, 0.1) is 6.04 Å². The Bertz CT molecular complexity index is 192. The summed E-state index contributed by atoms with van der Waals surface area (Å²) in [6.45, 7) is 0.969. The van der Waals surface area contributed by atoms with Crippen LogP contribution < -0.4 is 0 Å². The molecule has 1 aliphatic carbocycles. The van der Waals surface area contributed by atoms with E-state index in [4.69, 9.17) is 0 Å². The fourth-order valence-electron chi connectivity index (χ4n) is 1.58. The van der Waals surface area contributed by atoms with Gasteiger partial charge in [0.1, 0.15) is 0 Å². The molecule has 0 atom stereocenters. The number of likely N-dealkylation sites (tertiary alicyclic amines) is 1. The molecule has 11 heavy (non-hydrogen) atoms. The van der Waals surface area contributed by atoms with Gasteiger partial charge < -0.3 is 4.90 Å². The molecule has 0 N–H and O–H groups in total. The lowest BCUT2D eigenvalue weighted by atomic mass is 10.2. The lowest BCUT2D eigenvalue weighted by molar-refractivity contribution is -0.130. The predicted molar refractivity (Wildman–Crippen MR) is 43.1 cm³/mol. The highest BCUT2D eigenvalue weighted by atomic mass is 16.2. The van der Waals surface area contributed by atoms with Crippen LogP contribution in [0.3, 0.4) is 0 Å². The minimum atomic E-state index is 0.345. The van der Waals surface area contributed by atoms with E-state index in [9.17, 15) is 4.79 Å². The molecule has 1 amide bonds. The van der Waals surface area contributed by atoms with Gasteiger partial charge in [-0.05, 0) is 12.8 Å². The zero-order valence-corrected chi connectivity index (χ0v) is 6.62. The van der Waals surface area contributed by atoms with Crippen molar-refractivity contribution < 1.29 is 4.79 Å². The van der Waals surface area contributed by atoms with Crippen LogP contribution in [0.15, 0.2) is 12.2 Å². The quantitative estimate of drug-likeness (QED) is 0.518. The molecule has 0 aromatic carbocycles. The number of nitrogens with zero attached hydrogens (tertiary/aromatic N) is 1. The molecule has 2 heteroatoms. The van der Waals surface area contributed by atoms with Crippen molar-refractivity contribution in [3.8, 4) is 0 Å². The standard InChI is InChI=1S/C9H13NO/c11-9-4-2-1-3-7-10(9)8-5-6-8/h5-6,8H,1-4,7H2. The predicted octanol–water partition coefficient (Wildman–Crippen LogP) is 1.33. The summed E-state index contributed by atoms with van der Waals surface area (Å²) >= 11 is 0. The topological polar surface area (TPSA) is 20.3 Å². The van der Waals surface area contributed by atoms with Gasteiger partial charge in [-0.3, -0.25) is 4.79 Å². The molecule has 0 bridgehead atoms. The summed E-state index contributed by atoms with van der Waals surface area (Å²) in [6, 6.07) is 0.389. The lowest BCUT2D eigenvalue weighted by Gasteiger charge is -2.19. The van der Waals surface area contributed by atoms with Crippen molar-refractivity contribution in [3.05, 3.63) is 12.2 Å². The first-order valence-electron chi connectivity index (χ1n) is 4.36. The van der Waals surface area contributed by atoms with E-state index >= 15 is 0 Å². The molecule has 1 heterocycles. The first-order valence-corrected chi connectivity index (χ1v) is 4.36. The summed E-state index contributed by atoms with van der Waals surface area (Å²) in [6.07, 6.45) is 8.42. The monoisotopic (exact) mass is 151 g/mol. The number of carbonyl (C=O) groups excluding carboxylic acids is 1. The second kappa shape index (κ2) is 2.68. The molecular weight excluding hydrogens is 138 g/mol. The molecular formula is C9H13NO. The van der Waals surface area contributed by atoms with E-state index < -0.39 is 0 Å². The lowest BCUT2D eigenvalue weighted by Crippen LogP contribution is -2.32. The fourth-order valence-corrected chi connectivity index (χ4v) is 1.58. The van der Waals surface area contributed by atoms with Gasteiger partial charge in [0.15, 0.2) is 0 Å². The van der Waals surface area contributed by atoms with Gasteiger partial charge in [-0.25, -0.2) is 0 Å². The van der Waals surface area contributed by atoms with Crippen molar-refractivity contribution in [2.24, 2.45) is 0 Å². The Morgan fingerprint density at radius 1 is 1.27 bits per heavy atom. The van der Waals surface area contributed by atoms with Gasteiger partial charge in [-0.15, -0.1) is 0 Å². The maximum atomic E-state index is 11.4. The van der Waals surface area contributed by atoms with Crippen molar-refractivity contribution in [1.29, 1.82) is 0 Å². The molecule has 0 saturated carbocycles. The number of rotatable bonds is 1. The third-order valence-corrected chi connectivity index (χ3v) is 2.33. The Hall–Kier alpha value is -0.790. The van der Waals surface area contributed by atoms with Crippen LogP contribution in [0, 0.1) is 0 Å². The van der Waals surface area contributed by atoms with Crippen LogP contribution in [0.2, 0.25) is 0 Å². The second-order valence-corrected chi connectivity index (χ2v) is 3.27. The summed E-state index contributed by atoms with van der Waals surface area (Å²) in [5.74, 6) is 0.345. The Morgan fingerprint density at radius 3 is 2.82 bits per heavy atom. The van der Waals surface area contributed by atoms with Crippen LogP contribution in [-0.4, -0.2) is 23.4 Å². The van der Waals surface area contributed by atoms with E-state index in [0.29, 0.717) is 11.9 Å². The van der Waals surface area contributed by atoms with Crippen molar-refractivity contribution in [1.82, 2.24) is 4.90 Å². The molecule has 2 aliphatic rings. The van der Waals surface area contributed by atoms with Crippen molar-refractivity contribution in [2.75, 3.05) is 6.54 Å². The van der Waals surface area contributed by atoms with E-state index in [-0.39, 0.29) is 0 Å². The van der Waals surface area contributed by atoms with Crippen molar-refractivity contribution in [3.63, 3.8) is 0 Å². The van der Waals surface area contributed by atoms with Gasteiger partial charge >= 0.3 is 0 Å². The molecule has 1 fully saturated rings. The first-order chi connectivity index (χ1) is 5.38. The molecule has 0 aromatic rings. The Kier molecular flexibility index (Phi) is 1.68. The highest BCUT2D eigenvalue weighted by Gasteiger charge is 2.26. The van der Waals surface area contributed by atoms with E-state index in [0.717, 1.165) is 19.4 Å². The normalized spacial score (nSPS) is 25.5. The van der Waals surface area contributed by atoms with E-state index in [2.05, 4.69) is 12.2 Å². The first kappa shape index (κ1) is 6.89. The summed E-state index contributed by atoms with van der Waals surface area (Å²) in [5, 5.41) is 0. The minimum absolute atomic E-state index is 0.345. The number of hydrogen-bond donors (Lipinski definition) is 0. The largest absolute Gasteiger partial charge is 0.333 e. The zero-order valence-electron chi connectivity index (χ0n) is 6.62. The van der Waals surface area contributed by atoms with Gasteiger partial charge in [-0.1, -0.05) is 18.6 Å². The van der Waals surface area contributed by atoms with E-state index in [1.807, 2.05) is 4.90 Å². The highest BCUT2D eigenvalue weighted by Crippen LogP contribution is 2.20. The average molecular weight is 151 g/mol. The molecule has 1 saturated heterocycles. The van der Waals surface area contributed by atoms with Crippen LogP contribution in [0.5, 0.6) is 0 Å². The van der Waals surface area contributed by atoms with E-state index in [1.165, 1.54) is 12.8 Å². The van der Waals surface area contributed by atoms with Gasteiger partial charge in [0.2, 0.25) is 5.91 Å². The van der Waals surface area contributed by atoms with Crippen LogP contribution >= 0.6 is 0 Å². The van der Waals surface area contributed by atoms with Gasteiger partial charge in [0.25, 0.3) is 0 Å². The molecule has 2 rings (SSSR count). The van der Waals surface area contributed by atoms with Crippen molar-refractivity contribution >= 4 is 5.91 Å². The van der Waals surface area contributed by atoms with Crippen LogP contribution in [0.1, 0.15) is 25.7 Å².